The van der Waals surface area contributed by atoms with Gasteiger partial charge in [-0.25, -0.2) is 0 Å². The van der Waals surface area contributed by atoms with Crippen LogP contribution in [-0.4, -0.2) is 16.0 Å². The number of nitrogens with one attached hydrogen (secondary N) is 1. The van der Waals surface area contributed by atoms with Crippen LogP contribution in [0.4, 0.5) is 0 Å². The van der Waals surface area contributed by atoms with E-state index in [0.29, 0.717) is 12.3 Å². The smallest absolute Gasteiger partial charge is 0.273 e. The van der Waals surface area contributed by atoms with Crippen LogP contribution in [0.3, 0.4) is 0 Å². The van der Waals surface area contributed by atoms with E-state index in [1.54, 1.807) is 23.6 Å². The molecular weight excluding hydrogens is 354 g/mol. The molecule has 4 aromatic heterocycles. The van der Waals surface area contributed by atoms with E-state index >= 15 is 0 Å². The number of carbonyl (C=O) groups is 1. The van der Waals surface area contributed by atoms with Gasteiger partial charge in [-0.1, -0.05) is 23.4 Å². The first kappa shape index (κ1) is 15.7. The van der Waals surface area contributed by atoms with Crippen molar-refractivity contribution in [3.05, 3.63) is 70.7 Å². The lowest BCUT2D eigenvalue weighted by atomic mass is 10.1. The van der Waals surface area contributed by atoms with Crippen molar-refractivity contribution in [3.63, 3.8) is 0 Å². The minimum Gasteiger partial charge on any atom is -0.355 e. The highest BCUT2D eigenvalue weighted by Crippen LogP contribution is 2.26. The molecule has 0 radical (unpaired) electrons. The number of pyridine rings is 1. The lowest BCUT2D eigenvalue weighted by molar-refractivity contribution is 0.0942. The summed E-state index contributed by atoms with van der Waals surface area (Å²) in [7, 11) is 0. The Hall–Kier alpha value is -2.77. The van der Waals surface area contributed by atoms with Crippen LogP contribution in [-0.2, 0) is 6.54 Å². The van der Waals surface area contributed by atoms with Crippen LogP contribution in [0.25, 0.3) is 21.2 Å². The molecule has 4 aromatic rings. The fraction of sp³-hybridized carbons (Fsp3) is 0.0556. The highest BCUT2D eigenvalue weighted by Gasteiger charge is 2.15. The van der Waals surface area contributed by atoms with Gasteiger partial charge in [-0.3, -0.25) is 9.78 Å². The normalized spacial score (nSPS) is 10.7. The minimum atomic E-state index is -0.271. The van der Waals surface area contributed by atoms with Crippen molar-refractivity contribution in [1.29, 1.82) is 0 Å². The molecule has 25 heavy (non-hydrogen) atoms. The Kier molecular flexibility index (Phi) is 4.41. The molecule has 1 amide bonds. The van der Waals surface area contributed by atoms with Gasteiger partial charge in [0.05, 0.1) is 15.4 Å². The van der Waals surface area contributed by atoms with Gasteiger partial charge in [0, 0.05) is 18.8 Å². The van der Waals surface area contributed by atoms with Crippen LogP contribution in [0.15, 0.2) is 63.9 Å². The number of hydrogen-bond acceptors (Lipinski definition) is 6. The van der Waals surface area contributed by atoms with E-state index in [1.807, 2.05) is 47.2 Å². The lowest BCUT2D eigenvalue weighted by Crippen LogP contribution is -2.23. The molecule has 7 heteroatoms. The van der Waals surface area contributed by atoms with Crippen molar-refractivity contribution in [2.24, 2.45) is 0 Å². The van der Waals surface area contributed by atoms with Crippen LogP contribution >= 0.6 is 22.7 Å². The molecule has 124 valence electrons. The van der Waals surface area contributed by atoms with Crippen molar-refractivity contribution >= 4 is 28.6 Å². The van der Waals surface area contributed by atoms with Gasteiger partial charge in [0.2, 0.25) is 0 Å². The predicted molar refractivity (Wildman–Crippen MR) is 98.5 cm³/mol. The largest absolute Gasteiger partial charge is 0.355 e. The summed E-state index contributed by atoms with van der Waals surface area (Å²) in [5.41, 5.74) is 2.11. The summed E-state index contributed by atoms with van der Waals surface area (Å²) in [5.74, 6) is 0.327. The Labute approximate surface area is 152 Å². The summed E-state index contributed by atoms with van der Waals surface area (Å²) < 4.78 is 5.25. The van der Waals surface area contributed by atoms with Crippen LogP contribution in [0.1, 0.15) is 16.1 Å². The lowest BCUT2D eigenvalue weighted by Gasteiger charge is -2.07. The van der Waals surface area contributed by atoms with E-state index in [2.05, 4.69) is 15.5 Å². The van der Waals surface area contributed by atoms with Gasteiger partial charge in [-0.05, 0) is 34.5 Å². The Morgan fingerprint density at radius 2 is 1.88 bits per heavy atom. The molecule has 0 aliphatic heterocycles. The van der Waals surface area contributed by atoms with Gasteiger partial charge in [-0.2, -0.15) is 0 Å². The van der Waals surface area contributed by atoms with Gasteiger partial charge >= 0.3 is 0 Å². The second kappa shape index (κ2) is 7.00. The third-order valence-electron chi connectivity index (χ3n) is 3.59. The van der Waals surface area contributed by atoms with Crippen molar-refractivity contribution in [2.75, 3.05) is 0 Å². The highest BCUT2D eigenvalue weighted by molar-refractivity contribution is 7.13. The Morgan fingerprint density at radius 3 is 2.64 bits per heavy atom. The summed E-state index contributed by atoms with van der Waals surface area (Å²) in [6.07, 6.45) is 1.76. The first-order chi connectivity index (χ1) is 12.3. The van der Waals surface area contributed by atoms with Gasteiger partial charge in [-0.15, -0.1) is 22.7 Å². The van der Waals surface area contributed by atoms with Crippen LogP contribution in [0.2, 0.25) is 0 Å². The van der Waals surface area contributed by atoms with Gasteiger partial charge in [0.25, 0.3) is 5.91 Å². The van der Waals surface area contributed by atoms with Crippen LogP contribution in [0.5, 0.6) is 0 Å². The Balaban J connectivity index is 1.48. The zero-order chi connectivity index (χ0) is 17.1. The summed E-state index contributed by atoms with van der Waals surface area (Å²) >= 11 is 3.16. The predicted octanol–water partition coefficient (Wildman–Crippen LogP) is 4.46. The van der Waals surface area contributed by atoms with Crippen molar-refractivity contribution < 1.29 is 9.32 Å². The zero-order valence-corrected chi connectivity index (χ0v) is 14.6. The molecule has 1 N–H and O–H groups in total. The van der Waals surface area contributed by atoms with Gasteiger partial charge < -0.3 is 9.84 Å². The second-order valence-electron chi connectivity index (χ2n) is 5.22. The maximum Gasteiger partial charge on any atom is 0.273 e. The van der Waals surface area contributed by atoms with Crippen molar-refractivity contribution in [1.82, 2.24) is 15.5 Å². The van der Waals surface area contributed by atoms with Gasteiger partial charge in [0.15, 0.2) is 11.5 Å². The molecule has 5 nitrogen and oxygen atoms in total. The Morgan fingerprint density at radius 1 is 1.08 bits per heavy atom. The van der Waals surface area contributed by atoms with E-state index in [0.717, 1.165) is 21.0 Å². The molecule has 0 spiro atoms. The van der Waals surface area contributed by atoms with E-state index in [1.165, 1.54) is 11.3 Å². The number of aromatic nitrogens is 2. The molecule has 0 atom stereocenters. The molecule has 0 fully saturated rings. The van der Waals surface area contributed by atoms with Crippen molar-refractivity contribution in [3.8, 4) is 21.2 Å². The molecule has 4 heterocycles. The third kappa shape index (κ3) is 3.38. The SMILES string of the molecule is O=C(NCc1cccnc1-c1cccs1)c1cc(-c2cccs2)on1. The highest BCUT2D eigenvalue weighted by atomic mass is 32.1. The van der Waals surface area contributed by atoms with Crippen LogP contribution < -0.4 is 5.32 Å². The molecule has 4 rings (SSSR count). The Bertz CT molecular complexity index is 976. The third-order valence-corrected chi connectivity index (χ3v) is 5.35. The second-order valence-corrected chi connectivity index (χ2v) is 7.12. The fourth-order valence-corrected chi connectivity index (χ4v) is 3.83. The maximum atomic E-state index is 12.4. The molecule has 0 saturated heterocycles. The fourth-order valence-electron chi connectivity index (χ4n) is 2.40. The van der Waals surface area contributed by atoms with E-state index < -0.39 is 0 Å². The number of carbonyl (C=O) groups excluding carboxylic acids is 1. The standard InChI is InChI=1S/C18H13N3O2S2/c22-18(13-10-14(23-21-13)15-5-2-8-24-15)20-11-12-4-1-7-19-17(12)16-6-3-9-25-16/h1-10H,11H2,(H,20,22). The molecule has 0 bridgehead atoms. The first-order valence-electron chi connectivity index (χ1n) is 7.58. The number of nitrogens with zero attached hydrogens (tertiary/aromatic N) is 2. The van der Waals surface area contributed by atoms with E-state index in [-0.39, 0.29) is 11.6 Å². The number of amides is 1. The molecule has 0 saturated carbocycles. The molecule has 0 aliphatic rings. The quantitative estimate of drug-likeness (QED) is 0.566. The molecule has 0 aliphatic carbocycles. The average molecular weight is 367 g/mol. The summed E-state index contributed by atoms with van der Waals surface area (Å²) in [4.78, 5) is 18.8. The minimum absolute atomic E-state index is 0.268. The van der Waals surface area contributed by atoms with E-state index in [4.69, 9.17) is 4.52 Å². The summed E-state index contributed by atoms with van der Waals surface area (Å²) in [5, 5.41) is 10.7. The van der Waals surface area contributed by atoms with Crippen molar-refractivity contribution in [2.45, 2.75) is 6.54 Å². The monoisotopic (exact) mass is 367 g/mol. The number of thiophene rings is 2. The molecule has 0 unspecified atom stereocenters. The average Bonchev–Trinajstić information content (AvgIpc) is 3.41. The topological polar surface area (TPSA) is 68.0 Å². The molecular formula is C18H13N3O2S2. The van der Waals surface area contributed by atoms with Gasteiger partial charge in [0.1, 0.15) is 0 Å². The van der Waals surface area contributed by atoms with Crippen LogP contribution in [0, 0.1) is 0 Å². The zero-order valence-electron chi connectivity index (χ0n) is 13.0. The number of rotatable bonds is 5. The first-order valence-corrected chi connectivity index (χ1v) is 9.34. The van der Waals surface area contributed by atoms with E-state index in [9.17, 15) is 4.79 Å². The summed E-state index contributed by atoms with van der Waals surface area (Å²) in [6, 6.07) is 13.3. The maximum absolute atomic E-state index is 12.4. The molecule has 0 aromatic carbocycles. The number of hydrogen-bond donors (Lipinski definition) is 1. The summed E-state index contributed by atoms with van der Waals surface area (Å²) in [6.45, 7) is 0.376.